The van der Waals surface area contributed by atoms with Gasteiger partial charge in [-0.05, 0) is 24.5 Å². The van der Waals surface area contributed by atoms with Crippen molar-refractivity contribution < 1.29 is 19.2 Å². The van der Waals surface area contributed by atoms with Crippen molar-refractivity contribution in [2.24, 2.45) is 5.92 Å². The summed E-state index contributed by atoms with van der Waals surface area (Å²) in [4.78, 5) is 36.6. The van der Waals surface area contributed by atoms with E-state index >= 15 is 0 Å². The van der Waals surface area contributed by atoms with E-state index in [2.05, 4.69) is 5.32 Å². The number of hydrogen-bond acceptors (Lipinski definition) is 5. The highest BCUT2D eigenvalue weighted by atomic mass is 16.6. The summed E-state index contributed by atoms with van der Waals surface area (Å²) in [6, 6.07) is 15.5. The molecule has 0 radical (unpaired) electrons. The summed E-state index contributed by atoms with van der Waals surface area (Å²) >= 11 is 0. The van der Waals surface area contributed by atoms with Gasteiger partial charge in [-0.3, -0.25) is 19.7 Å². The molecule has 29 heavy (non-hydrogen) atoms. The van der Waals surface area contributed by atoms with Gasteiger partial charge in [0.25, 0.3) is 11.6 Å². The van der Waals surface area contributed by atoms with E-state index in [1.165, 1.54) is 18.2 Å². The minimum atomic E-state index is -0.512. The van der Waals surface area contributed by atoms with Gasteiger partial charge in [-0.25, -0.2) is 0 Å². The number of benzene rings is 2. The van der Waals surface area contributed by atoms with Crippen molar-refractivity contribution in [3.8, 4) is 5.75 Å². The van der Waals surface area contributed by atoms with Gasteiger partial charge >= 0.3 is 0 Å². The maximum atomic E-state index is 12.4. The average molecular weight is 397 g/mol. The normalized spacial score (nSPS) is 14.3. The maximum Gasteiger partial charge on any atom is 0.273 e. The number of non-ortho nitro benzene ring substituents is 1. The van der Waals surface area contributed by atoms with E-state index in [-0.39, 0.29) is 35.8 Å². The number of likely N-dealkylation sites (tertiary alicyclic amines) is 1. The first-order valence-corrected chi connectivity index (χ1v) is 9.49. The Hall–Kier alpha value is -3.42. The van der Waals surface area contributed by atoms with Gasteiger partial charge in [0.2, 0.25) is 5.91 Å². The van der Waals surface area contributed by atoms with E-state index in [1.54, 1.807) is 11.0 Å². The van der Waals surface area contributed by atoms with Gasteiger partial charge in [-0.1, -0.05) is 36.4 Å². The second-order valence-electron chi connectivity index (χ2n) is 6.90. The number of amides is 2. The Bertz CT molecular complexity index is 864. The number of carbonyl (C=O) groups is 2. The lowest BCUT2D eigenvalue weighted by Crippen LogP contribution is -2.44. The van der Waals surface area contributed by atoms with Crippen LogP contribution in [0.2, 0.25) is 0 Å². The Morgan fingerprint density at radius 2 is 1.83 bits per heavy atom. The highest BCUT2D eigenvalue weighted by Gasteiger charge is 2.27. The molecule has 2 aromatic rings. The molecule has 2 aromatic carbocycles. The number of nitrogens with one attached hydrogen (secondary N) is 1. The van der Waals surface area contributed by atoms with E-state index in [4.69, 9.17) is 4.74 Å². The largest absolute Gasteiger partial charge is 0.484 e. The molecule has 1 saturated heterocycles. The highest BCUT2D eigenvalue weighted by molar-refractivity contribution is 5.80. The smallest absolute Gasteiger partial charge is 0.273 e. The lowest BCUT2D eigenvalue weighted by Gasteiger charge is -2.31. The Morgan fingerprint density at radius 3 is 2.52 bits per heavy atom. The molecular weight excluding hydrogens is 374 g/mol. The van der Waals surface area contributed by atoms with Crippen LogP contribution in [0, 0.1) is 16.0 Å². The number of nitro benzene ring substituents is 1. The minimum Gasteiger partial charge on any atom is -0.484 e. The summed E-state index contributed by atoms with van der Waals surface area (Å²) in [6.07, 6.45) is 1.20. The summed E-state index contributed by atoms with van der Waals surface area (Å²) < 4.78 is 5.40. The molecule has 1 fully saturated rings. The van der Waals surface area contributed by atoms with Crippen LogP contribution in [0.1, 0.15) is 18.4 Å². The molecule has 2 amide bonds. The molecule has 0 saturated carbocycles. The number of nitro groups is 1. The van der Waals surface area contributed by atoms with Crippen LogP contribution in [0.25, 0.3) is 0 Å². The summed E-state index contributed by atoms with van der Waals surface area (Å²) in [7, 11) is 0. The summed E-state index contributed by atoms with van der Waals surface area (Å²) in [5.41, 5.74) is 0.962. The number of nitrogens with zero attached hydrogens (tertiary/aromatic N) is 2. The number of hydrogen-bond donors (Lipinski definition) is 1. The predicted octanol–water partition coefficient (Wildman–Crippen LogP) is 2.53. The van der Waals surface area contributed by atoms with Crippen LogP contribution in [0.3, 0.4) is 0 Å². The van der Waals surface area contributed by atoms with Crippen LogP contribution < -0.4 is 10.1 Å². The van der Waals surface area contributed by atoms with Crippen LogP contribution in [0.5, 0.6) is 5.75 Å². The molecule has 0 atom stereocenters. The Kier molecular flexibility index (Phi) is 6.78. The molecule has 152 valence electrons. The third kappa shape index (κ3) is 5.78. The fourth-order valence-electron chi connectivity index (χ4n) is 3.24. The van der Waals surface area contributed by atoms with Gasteiger partial charge in [0.15, 0.2) is 6.61 Å². The fraction of sp³-hybridized carbons (Fsp3) is 0.333. The maximum absolute atomic E-state index is 12.4. The van der Waals surface area contributed by atoms with Crippen LogP contribution >= 0.6 is 0 Å². The first-order valence-electron chi connectivity index (χ1n) is 9.49. The van der Waals surface area contributed by atoms with Gasteiger partial charge in [-0.15, -0.1) is 0 Å². The van der Waals surface area contributed by atoms with Crippen molar-refractivity contribution in [2.75, 3.05) is 19.7 Å². The first kappa shape index (κ1) is 20.3. The van der Waals surface area contributed by atoms with E-state index in [1.807, 2.05) is 30.3 Å². The van der Waals surface area contributed by atoms with E-state index < -0.39 is 4.92 Å². The van der Waals surface area contributed by atoms with Crippen LogP contribution in [-0.2, 0) is 16.1 Å². The van der Waals surface area contributed by atoms with Crippen molar-refractivity contribution in [3.63, 3.8) is 0 Å². The summed E-state index contributed by atoms with van der Waals surface area (Å²) in [6.45, 7) is 1.28. The number of piperidine rings is 1. The fourth-order valence-corrected chi connectivity index (χ4v) is 3.24. The highest BCUT2D eigenvalue weighted by Crippen LogP contribution is 2.20. The zero-order chi connectivity index (χ0) is 20.6. The monoisotopic (exact) mass is 397 g/mol. The third-order valence-corrected chi connectivity index (χ3v) is 4.92. The predicted molar refractivity (Wildman–Crippen MR) is 106 cm³/mol. The molecule has 1 aliphatic heterocycles. The van der Waals surface area contributed by atoms with Gasteiger partial charge < -0.3 is 15.0 Å². The van der Waals surface area contributed by atoms with Crippen LogP contribution in [-0.4, -0.2) is 41.3 Å². The topological polar surface area (TPSA) is 102 Å². The van der Waals surface area contributed by atoms with Gasteiger partial charge in [0.05, 0.1) is 11.0 Å². The van der Waals surface area contributed by atoms with Crippen molar-refractivity contribution in [3.05, 3.63) is 70.3 Å². The Labute approximate surface area is 168 Å². The molecule has 0 unspecified atom stereocenters. The molecule has 1 aliphatic rings. The molecule has 0 aromatic heterocycles. The SMILES string of the molecule is O=C(NCc1ccccc1)C1CCN(C(=O)COc2cccc([N+](=O)[O-])c2)CC1. The van der Waals surface area contributed by atoms with E-state index in [0.29, 0.717) is 32.5 Å². The van der Waals surface area contributed by atoms with Crippen LogP contribution in [0.15, 0.2) is 54.6 Å². The third-order valence-electron chi connectivity index (χ3n) is 4.92. The van der Waals surface area contributed by atoms with E-state index in [0.717, 1.165) is 5.56 Å². The van der Waals surface area contributed by atoms with Crippen molar-refractivity contribution in [2.45, 2.75) is 19.4 Å². The standard InChI is InChI=1S/C21H23N3O5/c25-20(15-29-19-8-4-7-18(13-19)24(27)28)23-11-9-17(10-12-23)21(26)22-14-16-5-2-1-3-6-16/h1-8,13,17H,9-12,14-15H2,(H,22,26). The van der Waals surface area contributed by atoms with Crippen molar-refractivity contribution >= 4 is 17.5 Å². The molecule has 0 aliphatic carbocycles. The molecule has 1 N–H and O–H groups in total. The van der Waals surface area contributed by atoms with Crippen LogP contribution in [0.4, 0.5) is 5.69 Å². The number of carbonyl (C=O) groups excluding carboxylic acids is 2. The average Bonchev–Trinajstić information content (AvgIpc) is 2.77. The molecule has 3 rings (SSSR count). The lowest BCUT2D eigenvalue weighted by atomic mass is 9.96. The molecule has 8 heteroatoms. The molecular formula is C21H23N3O5. The zero-order valence-corrected chi connectivity index (χ0v) is 16.0. The Balaban J connectivity index is 1.41. The Morgan fingerprint density at radius 1 is 1.10 bits per heavy atom. The molecule has 0 spiro atoms. The second kappa shape index (κ2) is 9.68. The summed E-state index contributed by atoms with van der Waals surface area (Å²) in [5, 5.41) is 13.7. The quantitative estimate of drug-likeness (QED) is 0.571. The zero-order valence-electron chi connectivity index (χ0n) is 16.0. The van der Waals surface area contributed by atoms with Crippen molar-refractivity contribution in [1.82, 2.24) is 10.2 Å². The number of rotatable bonds is 7. The molecule has 0 bridgehead atoms. The molecule has 1 heterocycles. The van der Waals surface area contributed by atoms with Gasteiger partial charge in [0, 0.05) is 31.6 Å². The summed E-state index contributed by atoms with van der Waals surface area (Å²) in [5.74, 6) is -0.0170. The first-order chi connectivity index (χ1) is 14.0. The lowest BCUT2D eigenvalue weighted by molar-refractivity contribution is -0.384. The van der Waals surface area contributed by atoms with Gasteiger partial charge in [-0.2, -0.15) is 0 Å². The van der Waals surface area contributed by atoms with Crippen molar-refractivity contribution in [1.29, 1.82) is 0 Å². The molecule has 8 nitrogen and oxygen atoms in total. The minimum absolute atomic E-state index is 0.00815. The number of ether oxygens (including phenoxy) is 1. The van der Waals surface area contributed by atoms with E-state index in [9.17, 15) is 19.7 Å². The van der Waals surface area contributed by atoms with Gasteiger partial charge in [0.1, 0.15) is 5.75 Å². The second-order valence-corrected chi connectivity index (χ2v) is 6.90.